The number of hydrogen-bond acceptors (Lipinski definition) is 5. The highest BCUT2D eigenvalue weighted by molar-refractivity contribution is 7.89. The van der Waals surface area contributed by atoms with Gasteiger partial charge >= 0.3 is 5.97 Å². The minimum Gasteiger partial charge on any atom is -0.497 e. The molecule has 0 amide bonds. The first-order valence-corrected chi connectivity index (χ1v) is 11.8. The van der Waals surface area contributed by atoms with E-state index in [4.69, 9.17) is 9.47 Å². The molecule has 1 aromatic heterocycles. The van der Waals surface area contributed by atoms with Crippen LogP contribution < -0.4 is 4.74 Å². The summed E-state index contributed by atoms with van der Waals surface area (Å²) in [6.07, 6.45) is 0. The molecule has 0 atom stereocenters. The third-order valence-corrected chi connectivity index (χ3v) is 7.26. The molecule has 0 aliphatic heterocycles. The molecule has 9 heteroatoms. The molecule has 0 aliphatic rings. The van der Waals surface area contributed by atoms with Gasteiger partial charge in [-0.3, -0.25) is 0 Å². The number of benzene rings is 2. The highest BCUT2D eigenvalue weighted by atomic mass is 32.2. The first-order valence-electron chi connectivity index (χ1n) is 10.4. The molecule has 0 spiro atoms. The third-order valence-electron chi connectivity index (χ3n) is 5.45. The summed E-state index contributed by atoms with van der Waals surface area (Å²) in [5.41, 5.74) is 3.09. The van der Waals surface area contributed by atoms with Crippen molar-refractivity contribution in [2.45, 2.75) is 38.8 Å². The van der Waals surface area contributed by atoms with Gasteiger partial charge in [0.1, 0.15) is 17.3 Å². The van der Waals surface area contributed by atoms with Crippen molar-refractivity contribution in [2.75, 3.05) is 13.7 Å². The highest BCUT2D eigenvalue weighted by Crippen LogP contribution is 2.26. The van der Waals surface area contributed by atoms with Gasteiger partial charge < -0.3 is 14.5 Å². The molecule has 3 aromatic rings. The predicted molar refractivity (Wildman–Crippen MR) is 122 cm³/mol. The number of hydrogen-bond donors (Lipinski definition) is 1. The van der Waals surface area contributed by atoms with Gasteiger partial charge in [-0.25, -0.2) is 17.6 Å². The predicted octanol–water partition coefficient (Wildman–Crippen LogP) is 4.35. The fraction of sp³-hybridized carbons (Fsp3) is 0.292. The lowest BCUT2D eigenvalue weighted by atomic mass is 10.1. The minimum atomic E-state index is -3.98. The van der Waals surface area contributed by atoms with Crippen molar-refractivity contribution in [2.24, 2.45) is 0 Å². The number of H-pyrrole nitrogens is 1. The molecule has 3 rings (SSSR count). The van der Waals surface area contributed by atoms with E-state index in [0.29, 0.717) is 22.7 Å². The number of methoxy groups -OCH3 is 1. The normalized spacial score (nSPS) is 11.6. The Morgan fingerprint density at radius 2 is 1.64 bits per heavy atom. The number of aromatic amines is 1. The maximum atomic E-state index is 13.5. The van der Waals surface area contributed by atoms with Crippen LogP contribution in [0.1, 0.15) is 39.8 Å². The summed E-state index contributed by atoms with van der Waals surface area (Å²) in [5.74, 6) is -0.361. The lowest BCUT2D eigenvalue weighted by Gasteiger charge is -2.22. The van der Waals surface area contributed by atoms with Crippen LogP contribution in [0.4, 0.5) is 4.39 Å². The molecule has 0 bridgehead atoms. The van der Waals surface area contributed by atoms with Crippen molar-refractivity contribution in [3.05, 3.63) is 82.4 Å². The third kappa shape index (κ3) is 5.43. The van der Waals surface area contributed by atoms with Crippen LogP contribution in [0, 0.1) is 19.7 Å². The second-order valence-electron chi connectivity index (χ2n) is 7.52. The van der Waals surface area contributed by atoms with E-state index < -0.39 is 21.8 Å². The van der Waals surface area contributed by atoms with Gasteiger partial charge in [-0.1, -0.05) is 12.1 Å². The molecular formula is C24H27FN2O5S. The van der Waals surface area contributed by atoms with Crippen LogP contribution in [0.25, 0.3) is 0 Å². The van der Waals surface area contributed by atoms with Crippen LogP contribution in [-0.4, -0.2) is 37.4 Å². The van der Waals surface area contributed by atoms with E-state index in [2.05, 4.69) is 4.98 Å². The molecule has 0 fully saturated rings. The van der Waals surface area contributed by atoms with E-state index in [0.717, 1.165) is 23.3 Å². The maximum absolute atomic E-state index is 13.5. The molecule has 1 N–H and O–H groups in total. The van der Waals surface area contributed by atoms with Crippen LogP contribution in [-0.2, 0) is 27.8 Å². The van der Waals surface area contributed by atoms with E-state index in [1.165, 1.54) is 16.4 Å². The van der Waals surface area contributed by atoms with E-state index in [-0.39, 0.29) is 24.6 Å². The van der Waals surface area contributed by atoms with E-state index >= 15 is 0 Å². The Bertz CT molecular complexity index is 1220. The van der Waals surface area contributed by atoms with Crippen LogP contribution in [0.2, 0.25) is 0 Å². The summed E-state index contributed by atoms with van der Waals surface area (Å²) in [6.45, 7) is 5.60. The van der Waals surface area contributed by atoms with Crippen LogP contribution in [0.15, 0.2) is 53.4 Å². The Morgan fingerprint density at radius 1 is 1.00 bits per heavy atom. The summed E-state index contributed by atoms with van der Waals surface area (Å²) in [4.78, 5) is 15.3. The molecule has 0 radical (unpaired) electrons. The fourth-order valence-corrected chi connectivity index (χ4v) is 4.81. The zero-order valence-electron chi connectivity index (χ0n) is 19.0. The van der Waals surface area contributed by atoms with Gasteiger partial charge in [0.15, 0.2) is 0 Å². The van der Waals surface area contributed by atoms with Gasteiger partial charge in [0.05, 0.1) is 25.2 Å². The Kier molecular flexibility index (Phi) is 7.55. The summed E-state index contributed by atoms with van der Waals surface area (Å²) >= 11 is 0. The number of rotatable bonds is 9. The fourth-order valence-electron chi connectivity index (χ4n) is 3.41. The number of ether oxygens (including phenoxy) is 2. The standard InChI is InChI=1S/C24H27FN2O5S/c1-5-32-24(28)23-17(3)16(2)22(26-23)15-27(14-18-6-10-20(31-4)11-7-18)33(29,30)21-12-8-19(25)9-13-21/h6-13,26H,5,14-15H2,1-4H3. The number of aromatic nitrogens is 1. The Hall–Kier alpha value is -3.17. The van der Waals surface area contributed by atoms with Gasteiger partial charge in [0.25, 0.3) is 0 Å². The molecule has 0 unspecified atom stereocenters. The number of sulfonamides is 1. The number of halogens is 1. The number of carbonyl (C=O) groups excluding carboxylic acids is 1. The summed E-state index contributed by atoms with van der Waals surface area (Å²) < 4.78 is 51.9. The summed E-state index contributed by atoms with van der Waals surface area (Å²) in [5, 5.41) is 0. The van der Waals surface area contributed by atoms with Gasteiger partial charge in [-0.15, -0.1) is 0 Å². The molecule has 33 heavy (non-hydrogen) atoms. The van der Waals surface area contributed by atoms with Crippen LogP contribution in [0.3, 0.4) is 0 Å². The zero-order chi connectivity index (χ0) is 24.2. The molecule has 176 valence electrons. The average Bonchev–Trinajstić information content (AvgIpc) is 3.08. The molecule has 7 nitrogen and oxygen atoms in total. The molecule has 1 heterocycles. The minimum absolute atomic E-state index is 0.0161. The first-order chi connectivity index (χ1) is 15.7. The van der Waals surface area contributed by atoms with Gasteiger partial charge in [0, 0.05) is 12.2 Å². The number of carbonyl (C=O) groups is 1. The largest absolute Gasteiger partial charge is 0.497 e. The zero-order valence-corrected chi connectivity index (χ0v) is 19.8. The Morgan fingerprint density at radius 3 is 2.21 bits per heavy atom. The molecular weight excluding hydrogens is 447 g/mol. The van der Waals surface area contributed by atoms with Crippen molar-refractivity contribution < 1.29 is 27.1 Å². The van der Waals surface area contributed by atoms with Gasteiger partial charge in [-0.05, 0) is 73.9 Å². The van der Waals surface area contributed by atoms with Crippen molar-refractivity contribution >= 4 is 16.0 Å². The molecule has 2 aromatic carbocycles. The quantitative estimate of drug-likeness (QED) is 0.466. The van der Waals surface area contributed by atoms with Gasteiger partial charge in [0.2, 0.25) is 10.0 Å². The molecule has 0 saturated carbocycles. The van der Waals surface area contributed by atoms with Crippen LogP contribution in [0.5, 0.6) is 5.75 Å². The van der Waals surface area contributed by atoms with E-state index in [1.807, 2.05) is 6.92 Å². The monoisotopic (exact) mass is 474 g/mol. The van der Waals surface area contributed by atoms with Crippen molar-refractivity contribution in [3.8, 4) is 5.75 Å². The van der Waals surface area contributed by atoms with Crippen molar-refractivity contribution in [1.82, 2.24) is 9.29 Å². The lowest BCUT2D eigenvalue weighted by molar-refractivity contribution is 0.0519. The first kappa shape index (κ1) is 24.5. The van der Waals surface area contributed by atoms with E-state index in [9.17, 15) is 17.6 Å². The second-order valence-corrected chi connectivity index (χ2v) is 9.46. The topological polar surface area (TPSA) is 88.7 Å². The number of nitrogens with one attached hydrogen (secondary N) is 1. The van der Waals surface area contributed by atoms with Crippen LogP contribution >= 0.6 is 0 Å². The highest BCUT2D eigenvalue weighted by Gasteiger charge is 2.28. The smallest absolute Gasteiger partial charge is 0.355 e. The van der Waals surface area contributed by atoms with E-state index in [1.54, 1.807) is 45.2 Å². The maximum Gasteiger partial charge on any atom is 0.355 e. The lowest BCUT2D eigenvalue weighted by Crippen LogP contribution is -2.30. The molecule has 0 saturated heterocycles. The van der Waals surface area contributed by atoms with Gasteiger partial charge in [-0.2, -0.15) is 4.31 Å². The molecule has 0 aliphatic carbocycles. The summed E-state index contributed by atoms with van der Waals surface area (Å²) in [6, 6.07) is 11.8. The second kappa shape index (κ2) is 10.2. The SMILES string of the molecule is CCOC(=O)c1[nH]c(CN(Cc2ccc(OC)cc2)S(=O)(=O)c2ccc(F)cc2)c(C)c1C. The van der Waals surface area contributed by atoms with Crippen molar-refractivity contribution in [1.29, 1.82) is 0 Å². The average molecular weight is 475 g/mol. The number of esters is 1. The number of nitrogens with zero attached hydrogens (tertiary/aromatic N) is 1. The Balaban J connectivity index is 2.00. The summed E-state index contributed by atoms with van der Waals surface area (Å²) in [7, 11) is -2.43. The Labute approximate surface area is 193 Å². The van der Waals surface area contributed by atoms with Crippen molar-refractivity contribution in [3.63, 3.8) is 0 Å².